The second kappa shape index (κ2) is 6.22. The van der Waals surface area contributed by atoms with Crippen LogP contribution in [0.3, 0.4) is 0 Å². The Morgan fingerprint density at radius 1 is 1.27 bits per heavy atom. The van der Waals surface area contributed by atoms with Crippen LogP contribution in [0.4, 0.5) is 5.00 Å². The number of nitrogens with zero attached hydrogens (tertiary/aromatic N) is 1. The van der Waals surface area contributed by atoms with Crippen LogP contribution < -0.4 is 10.6 Å². The average Bonchev–Trinajstić information content (AvgIpc) is 2.85. The van der Waals surface area contributed by atoms with E-state index in [4.69, 9.17) is 0 Å². The first-order valence-electron chi connectivity index (χ1n) is 8.86. The second-order valence-electron chi connectivity index (χ2n) is 8.53. The van der Waals surface area contributed by atoms with Crippen LogP contribution in [-0.2, 0) is 12.0 Å². The van der Waals surface area contributed by atoms with Crippen molar-refractivity contribution in [3.8, 4) is 6.07 Å². The molecule has 5 heteroatoms. The van der Waals surface area contributed by atoms with Gasteiger partial charge < -0.3 is 10.6 Å². The van der Waals surface area contributed by atoms with Gasteiger partial charge in [-0.3, -0.25) is 4.79 Å². The molecule has 1 aliphatic rings. The summed E-state index contributed by atoms with van der Waals surface area (Å²) in [5.74, 6) is -0.151. The standard InChI is InChI=1S/C21H25N3OS/c1-12-7-8-13(2)14(9-12)18(25)23-19-16(11-22)15-10-20(3,4)24-21(5,6)17(15)26-19/h7-9,24H,10H2,1-6H3,(H,23,25)/p+1. The average molecular weight is 369 g/mol. The molecule has 3 rings (SSSR count). The molecule has 26 heavy (non-hydrogen) atoms. The summed E-state index contributed by atoms with van der Waals surface area (Å²) < 4.78 is 0. The number of quaternary nitrogens is 1. The largest absolute Gasteiger partial charge is 0.333 e. The highest BCUT2D eigenvalue weighted by atomic mass is 32.1. The Labute approximate surface area is 159 Å². The maximum Gasteiger partial charge on any atom is 0.256 e. The molecule has 136 valence electrons. The molecule has 0 aliphatic carbocycles. The van der Waals surface area contributed by atoms with Crippen molar-refractivity contribution in [1.29, 1.82) is 5.26 Å². The Morgan fingerprint density at radius 3 is 2.62 bits per heavy atom. The molecule has 4 nitrogen and oxygen atoms in total. The fourth-order valence-electron chi connectivity index (χ4n) is 4.06. The molecule has 2 aromatic rings. The first-order valence-corrected chi connectivity index (χ1v) is 9.67. The fourth-order valence-corrected chi connectivity index (χ4v) is 5.30. The lowest BCUT2D eigenvalue weighted by molar-refractivity contribution is -0.789. The molecule has 0 unspecified atom stereocenters. The lowest BCUT2D eigenvalue weighted by Crippen LogP contribution is -3.03. The van der Waals surface area contributed by atoms with Gasteiger partial charge in [0.2, 0.25) is 0 Å². The lowest BCUT2D eigenvalue weighted by Gasteiger charge is -2.38. The molecule has 0 radical (unpaired) electrons. The van der Waals surface area contributed by atoms with Crippen molar-refractivity contribution >= 4 is 22.2 Å². The molecule has 3 N–H and O–H groups in total. The van der Waals surface area contributed by atoms with E-state index < -0.39 is 0 Å². The third-order valence-electron chi connectivity index (χ3n) is 4.95. The van der Waals surface area contributed by atoms with Crippen LogP contribution in [0.25, 0.3) is 0 Å². The van der Waals surface area contributed by atoms with Gasteiger partial charge in [-0.2, -0.15) is 5.26 Å². The van der Waals surface area contributed by atoms with E-state index in [0.29, 0.717) is 16.1 Å². The number of nitrogens with one attached hydrogen (secondary N) is 1. The van der Waals surface area contributed by atoms with Crippen LogP contribution in [0.2, 0.25) is 0 Å². The predicted octanol–water partition coefficient (Wildman–Crippen LogP) is 3.62. The summed E-state index contributed by atoms with van der Waals surface area (Å²) >= 11 is 1.54. The molecule has 1 amide bonds. The third-order valence-corrected chi connectivity index (χ3v) is 6.44. The van der Waals surface area contributed by atoms with Crippen LogP contribution in [-0.4, -0.2) is 11.4 Å². The highest BCUT2D eigenvalue weighted by Gasteiger charge is 2.44. The maximum absolute atomic E-state index is 12.8. The number of rotatable bonds is 2. The number of nitrogens with two attached hydrogens (primary N) is 1. The van der Waals surface area contributed by atoms with E-state index in [9.17, 15) is 10.1 Å². The Balaban J connectivity index is 2.03. The summed E-state index contributed by atoms with van der Waals surface area (Å²) in [5, 5.41) is 15.8. The molecule has 0 spiro atoms. The number of amides is 1. The number of aryl methyl sites for hydroxylation is 2. The van der Waals surface area contributed by atoms with E-state index >= 15 is 0 Å². The summed E-state index contributed by atoms with van der Waals surface area (Å²) in [7, 11) is 0. The number of carbonyl (C=O) groups excluding carboxylic acids is 1. The second-order valence-corrected chi connectivity index (χ2v) is 9.55. The first-order chi connectivity index (χ1) is 12.0. The number of hydrogen-bond donors (Lipinski definition) is 2. The van der Waals surface area contributed by atoms with Crippen LogP contribution in [0.5, 0.6) is 0 Å². The molecule has 0 bridgehead atoms. The minimum atomic E-state index is -0.151. The van der Waals surface area contributed by atoms with Crippen molar-refractivity contribution in [3.05, 3.63) is 50.9 Å². The lowest BCUT2D eigenvalue weighted by atomic mass is 9.81. The zero-order valence-electron chi connectivity index (χ0n) is 16.3. The van der Waals surface area contributed by atoms with Crippen LogP contribution in [0.1, 0.15) is 65.2 Å². The van der Waals surface area contributed by atoms with E-state index in [-0.39, 0.29) is 17.0 Å². The van der Waals surface area contributed by atoms with Gasteiger partial charge in [-0.25, -0.2) is 0 Å². The number of hydrogen-bond acceptors (Lipinski definition) is 3. The zero-order chi connectivity index (χ0) is 19.3. The summed E-state index contributed by atoms with van der Waals surface area (Å²) in [4.78, 5) is 14.0. The predicted molar refractivity (Wildman–Crippen MR) is 106 cm³/mol. The number of anilines is 1. The van der Waals surface area contributed by atoms with Gasteiger partial charge in [-0.1, -0.05) is 17.7 Å². The van der Waals surface area contributed by atoms with E-state index in [0.717, 1.165) is 23.1 Å². The van der Waals surface area contributed by atoms with Crippen LogP contribution in [0.15, 0.2) is 18.2 Å². The molecule has 0 saturated heterocycles. The minimum absolute atomic E-state index is 0.0254. The van der Waals surface area contributed by atoms with Gasteiger partial charge in [0.25, 0.3) is 5.91 Å². The molecule has 2 heterocycles. The Bertz CT molecular complexity index is 931. The number of carbonyl (C=O) groups is 1. The molecule has 1 aromatic heterocycles. The molecular weight excluding hydrogens is 342 g/mol. The normalized spacial score (nSPS) is 17.3. The van der Waals surface area contributed by atoms with Gasteiger partial charge in [0.15, 0.2) is 0 Å². The summed E-state index contributed by atoms with van der Waals surface area (Å²) in [6.45, 7) is 12.7. The van der Waals surface area contributed by atoms with Crippen LogP contribution >= 0.6 is 11.3 Å². The van der Waals surface area contributed by atoms with Crippen molar-refractivity contribution in [3.63, 3.8) is 0 Å². The number of fused-ring (bicyclic) bond motifs is 1. The highest BCUT2D eigenvalue weighted by Crippen LogP contribution is 2.41. The maximum atomic E-state index is 12.8. The first kappa shape index (κ1) is 18.6. The molecule has 1 aromatic carbocycles. The van der Waals surface area contributed by atoms with Gasteiger partial charge >= 0.3 is 0 Å². The molecule has 0 fully saturated rings. The van der Waals surface area contributed by atoms with E-state index in [1.807, 2.05) is 32.0 Å². The van der Waals surface area contributed by atoms with Crippen molar-refractivity contribution in [2.24, 2.45) is 0 Å². The minimum Gasteiger partial charge on any atom is -0.333 e. The quantitative estimate of drug-likeness (QED) is 0.850. The Kier molecular flexibility index (Phi) is 4.46. The SMILES string of the molecule is Cc1ccc(C)c(C(=O)Nc2sc3c(c2C#N)CC(C)(C)[NH2+]C3(C)C)c1. The van der Waals surface area contributed by atoms with Crippen molar-refractivity contribution < 1.29 is 10.1 Å². The molecule has 1 aliphatic heterocycles. The van der Waals surface area contributed by atoms with Gasteiger partial charge in [-0.15, -0.1) is 11.3 Å². The van der Waals surface area contributed by atoms with Crippen molar-refractivity contribution in [2.75, 3.05) is 5.32 Å². The Hall–Kier alpha value is -2.16. The van der Waals surface area contributed by atoms with Crippen LogP contribution in [0, 0.1) is 25.2 Å². The van der Waals surface area contributed by atoms with Gasteiger partial charge in [0, 0.05) is 12.0 Å². The smallest absolute Gasteiger partial charge is 0.256 e. The highest BCUT2D eigenvalue weighted by molar-refractivity contribution is 7.16. The fraction of sp³-hybridized carbons (Fsp3) is 0.429. The van der Waals surface area contributed by atoms with Crippen molar-refractivity contribution in [2.45, 2.75) is 59.0 Å². The third kappa shape index (κ3) is 3.27. The Morgan fingerprint density at radius 2 is 1.96 bits per heavy atom. The van der Waals surface area contributed by atoms with E-state index in [1.54, 1.807) is 11.3 Å². The van der Waals surface area contributed by atoms with E-state index in [1.165, 1.54) is 4.88 Å². The number of nitriles is 1. The zero-order valence-corrected chi connectivity index (χ0v) is 17.1. The summed E-state index contributed by atoms with van der Waals surface area (Å²) in [6, 6.07) is 8.19. The topological polar surface area (TPSA) is 69.5 Å². The number of thiophene rings is 1. The van der Waals surface area contributed by atoms with E-state index in [2.05, 4.69) is 44.4 Å². The molecule has 0 saturated carbocycles. The van der Waals surface area contributed by atoms with Gasteiger partial charge in [0.1, 0.15) is 16.6 Å². The van der Waals surface area contributed by atoms with Crippen molar-refractivity contribution in [1.82, 2.24) is 0 Å². The monoisotopic (exact) mass is 368 g/mol. The number of benzene rings is 1. The summed E-state index contributed by atoms with van der Waals surface area (Å²) in [5.41, 5.74) is 4.26. The molecular formula is C21H26N3OS+. The van der Waals surface area contributed by atoms with Gasteiger partial charge in [0.05, 0.1) is 16.0 Å². The van der Waals surface area contributed by atoms with Gasteiger partial charge in [-0.05, 0) is 58.7 Å². The summed E-state index contributed by atoms with van der Waals surface area (Å²) in [6.07, 6.45) is 0.824. The molecule has 0 atom stereocenters.